The third kappa shape index (κ3) is 6.93. The summed E-state index contributed by atoms with van der Waals surface area (Å²) >= 11 is 0. The normalized spacial score (nSPS) is 15.9. The predicted molar refractivity (Wildman–Crippen MR) is 70.6 cm³/mol. The Balaban J connectivity index is 1.89. The van der Waals surface area contributed by atoms with Crippen LogP contribution in [-0.2, 0) is 14.3 Å². The van der Waals surface area contributed by atoms with Gasteiger partial charge in [0.25, 0.3) is 0 Å². The van der Waals surface area contributed by atoms with E-state index in [0.717, 1.165) is 45.6 Å². The molecule has 1 rings (SSSR count). The van der Waals surface area contributed by atoms with Gasteiger partial charge in [0.2, 0.25) is 5.91 Å². The lowest BCUT2D eigenvalue weighted by molar-refractivity contribution is -0.133. The van der Waals surface area contributed by atoms with Crippen LogP contribution in [0.3, 0.4) is 0 Å². The van der Waals surface area contributed by atoms with Crippen molar-refractivity contribution in [3.05, 3.63) is 0 Å². The topological polar surface area (TPSA) is 50.8 Å². The molecular formula is C13H26N2O3. The van der Waals surface area contributed by atoms with E-state index in [4.69, 9.17) is 9.47 Å². The van der Waals surface area contributed by atoms with Crippen molar-refractivity contribution in [3.63, 3.8) is 0 Å². The first-order chi connectivity index (χ1) is 8.84. The predicted octanol–water partition coefficient (Wildman–Crippen LogP) is 0.642. The van der Waals surface area contributed by atoms with Gasteiger partial charge in [-0.2, -0.15) is 0 Å². The van der Waals surface area contributed by atoms with Crippen LogP contribution < -0.4 is 5.32 Å². The van der Waals surface area contributed by atoms with E-state index < -0.39 is 0 Å². The Morgan fingerprint density at radius 3 is 2.44 bits per heavy atom. The number of hydrogen-bond acceptors (Lipinski definition) is 4. The van der Waals surface area contributed by atoms with Gasteiger partial charge in [0, 0.05) is 32.8 Å². The zero-order valence-electron chi connectivity index (χ0n) is 11.5. The molecule has 1 amide bonds. The molecule has 0 radical (unpaired) electrons. The largest absolute Gasteiger partial charge is 0.379 e. The number of ether oxygens (including phenoxy) is 2. The highest BCUT2D eigenvalue weighted by Gasteiger charge is 2.15. The van der Waals surface area contributed by atoms with E-state index in [0.29, 0.717) is 26.2 Å². The van der Waals surface area contributed by atoms with Gasteiger partial charge in [-0.15, -0.1) is 0 Å². The molecule has 1 saturated heterocycles. The molecule has 18 heavy (non-hydrogen) atoms. The van der Waals surface area contributed by atoms with Crippen molar-refractivity contribution >= 4 is 5.91 Å². The fourth-order valence-electron chi connectivity index (χ4n) is 1.80. The fraction of sp³-hybridized carbons (Fsp3) is 0.923. The number of nitrogens with zero attached hydrogens (tertiary/aromatic N) is 1. The molecule has 0 atom stereocenters. The van der Waals surface area contributed by atoms with Gasteiger partial charge in [-0.1, -0.05) is 13.3 Å². The molecule has 0 bridgehead atoms. The van der Waals surface area contributed by atoms with Gasteiger partial charge in [-0.05, 0) is 6.42 Å². The van der Waals surface area contributed by atoms with E-state index in [1.807, 2.05) is 4.90 Å². The summed E-state index contributed by atoms with van der Waals surface area (Å²) < 4.78 is 10.8. The summed E-state index contributed by atoms with van der Waals surface area (Å²) in [5.74, 6) is 0.198. The lowest BCUT2D eigenvalue weighted by Gasteiger charge is -2.27. The van der Waals surface area contributed by atoms with Crippen LogP contribution in [0, 0.1) is 0 Å². The molecule has 0 aromatic carbocycles. The summed E-state index contributed by atoms with van der Waals surface area (Å²) in [4.78, 5) is 13.7. The summed E-state index contributed by atoms with van der Waals surface area (Å²) in [5.41, 5.74) is 0. The average molecular weight is 258 g/mol. The Kier molecular flexibility index (Phi) is 8.81. The second-order valence-electron chi connectivity index (χ2n) is 4.46. The van der Waals surface area contributed by atoms with E-state index in [-0.39, 0.29) is 5.91 Å². The Morgan fingerprint density at radius 2 is 1.78 bits per heavy atom. The van der Waals surface area contributed by atoms with E-state index in [9.17, 15) is 4.79 Å². The van der Waals surface area contributed by atoms with E-state index >= 15 is 0 Å². The third-order valence-corrected chi connectivity index (χ3v) is 2.94. The maximum Gasteiger partial charge on any atom is 0.224 e. The zero-order chi connectivity index (χ0) is 13.1. The molecule has 0 aromatic heterocycles. The molecule has 1 N–H and O–H groups in total. The zero-order valence-corrected chi connectivity index (χ0v) is 11.5. The number of unbranched alkanes of at least 4 members (excludes halogenated alkanes) is 1. The highest BCUT2D eigenvalue weighted by atomic mass is 16.5. The average Bonchev–Trinajstić information content (AvgIpc) is 2.42. The molecule has 0 spiro atoms. The third-order valence-electron chi connectivity index (χ3n) is 2.94. The molecular weight excluding hydrogens is 232 g/mol. The lowest BCUT2D eigenvalue weighted by Crippen LogP contribution is -2.46. The standard InChI is InChI=1S/C13H26N2O3/c1-2-3-9-17-11-12-18-10-4-13(16)15-7-5-14-6-8-15/h14H,2-12H2,1H3. The first-order valence-electron chi connectivity index (χ1n) is 6.98. The van der Waals surface area contributed by atoms with Crippen molar-refractivity contribution in [1.29, 1.82) is 0 Å². The molecule has 0 aliphatic carbocycles. The summed E-state index contributed by atoms with van der Waals surface area (Å²) in [6, 6.07) is 0. The number of hydrogen-bond donors (Lipinski definition) is 1. The molecule has 0 unspecified atom stereocenters. The van der Waals surface area contributed by atoms with Crippen LogP contribution in [-0.4, -0.2) is 63.4 Å². The van der Waals surface area contributed by atoms with Crippen molar-refractivity contribution in [1.82, 2.24) is 10.2 Å². The monoisotopic (exact) mass is 258 g/mol. The molecule has 0 saturated carbocycles. The van der Waals surface area contributed by atoms with Gasteiger partial charge in [0.1, 0.15) is 0 Å². The van der Waals surface area contributed by atoms with Crippen molar-refractivity contribution in [3.8, 4) is 0 Å². The molecule has 1 fully saturated rings. The lowest BCUT2D eigenvalue weighted by atomic mass is 10.3. The highest BCUT2D eigenvalue weighted by molar-refractivity contribution is 5.76. The number of nitrogens with one attached hydrogen (secondary N) is 1. The first-order valence-corrected chi connectivity index (χ1v) is 6.98. The Hall–Kier alpha value is -0.650. The smallest absolute Gasteiger partial charge is 0.224 e. The van der Waals surface area contributed by atoms with Crippen LogP contribution in [0.4, 0.5) is 0 Å². The van der Waals surface area contributed by atoms with Crippen LogP contribution in [0.2, 0.25) is 0 Å². The second kappa shape index (κ2) is 10.3. The minimum absolute atomic E-state index is 0.198. The Bertz CT molecular complexity index is 218. The van der Waals surface area contributed by atoms with Gasteiger partial charge in [-0.25, -0.2) is 0 Å². The minimum atomic E-state index is 0.198. The first kappa shape index (κ1) is 15.4. The summed E-state index contributed by atoms with van der Waals surface area (Å²) in [7, 11) is 0. The van der Waals surface area contributed by atoms with Gasteiger partial charge in [-0.3, -0.25) is 4.79 Å². The summed E-state index contributed by atoms with van der Waals surface area (Å²) in [5, 5.41) is 3.23. The van der Waals surface area contributed by atoms with E-state index in [2.05, 4.69) is 12.2 Å². The number of rotatable bonds is 9. The molecule has 5 nitrogen and oxygen atoms in total. The summed E-state index contributed by atoms with van der Waals surface area (Å²) in [6.45, 7) is 8.09. The van der Waals surface area contributed by atoms with Crippen molar-refractivity contribution in [2.75, 3.05) is 52.6 Å². The molecule has 5 heteroatoms. The van der Waals surface area contributed by atoms with Crippen LogP contribution in [0.15, 0.2) is 0 Å². The molecule has 0 aromatic rings. The number of carbonyl (C=O) groups excluding carboxylic acids is 1. The maximum atomic E-state index is 11.8. The maximum absolute atomic E-state index is 11.8. The molecule has 106 valence electrons. The van der Waals surface area contributed by atoms with Gasteiger partial charge in [0.15, 0.2) is 0 Å². The minimum Gasteiger partial charge on any atom is -0.379 e. The number of amides is 1. The van der Waals surface area contributed by atoms with Crippen molar-refractivity contribution in [2.45, 2.75) is 26.2 Å². The van der Waals surface area contributed by atoms with Gasteiger partial charge < -0.3 is 19.7 Å². The Morgan fingerprint density at radius 1 is 1.11 bits per heavy atom. The van der Waals surface area contributed by atoms with Crippen LogP contribution in [0.1, 0.15) is 26.2 Å². The number of piperazine rings is 1. The SMILES string of the molecule is CCCCOCCOCCC(=O)N1CCNCC1. The summed E-state index contributed by atoms with van der Waals surface area (Å²) in [6.07, 6.45) is 2.73. The van der Waals surface area contributed by atoms with Gasteiger partial charge >= 0.3 is 0 Å². The van der Waals surface area contributed by atoms with Crippen LogP contribution >= 0.6 is 0 Å². The van der Waals surface area contributed by atoms with Crippen molar-refractivity contribution in [2.24, 2.45) is 0 Å². The fourth-order valence-corrected chi connectivity index (χ4v) is 1.80. The Labute approximate surface area is 110 Å². The van der Waals surface area contributed by atoms with Gasteiger partial charge in [0.05, 0.1) is 26.2 Å². The highest BCUT2D eigenvalue weighted by Crippen LogP contribution is 1.97. The molecule has 1 heterocycles. The quantitative estimate of drug-likeness (QED) is 0.617. The van der Waals surface area contributed by atoms with E-state index in [1.54, 1.807) is 0 Å². The number of carbonyl (C=O) groups is 1. The van der Waals surface area contributed by atoms with Crippen LogP contribution in [0.25, 0.3) is 0 Å². The molecule has 1 aliphatic rings. The van der Waals surface area contributed by atoms with E-state index in [1.165, 1.54) is 0 Å². The molecule has 1 aliphatic heterocycles. The van der Waals surface area contributed by atoms with Crippen LogP contribution in [0.5, 0.6) is 0 Å². The second-order valence-corrected chi connectivity index (χ2v) is 4.46. The van der Waals surface area contributed by atoms with Crippen molar-refractivity contribution < 1.29 is 14.3 Å².